The van der Waals surface area contributed by atoms with Crippen LogP contribution in [0, 0.1) is 0 Å². The van der Waals surface area contributed by atoms with Crippen molar-refractivity contribution in [3.8, 4) is 0 Å². The molecule has 0 fully saturated rings. The molecule has 0 aliphatic carbocycles. The van der Waals surface area contributed by atoms with Crippen molar-refractivity contribution in [3.05, 3.63) is 16.7 Å². The van der Waals surface area contributed by atoms with Gasteiger partial charge < -0.3 is 0 Å². The summed E-state index contributed by atoms with van der Waals surface area (Å²) in [7, 11) is -2.02. The Morgan fingerprint density at radius 3 is 2.93 bits per heavy atom. The SMILES string of the molecule is CN1C=Nc2ncc(Br)cc2S1(=O)=O. The third-order valence-corrected chi connectivity index (χ3v) is 3.94. The van der Waals surface area contributed by atoms with Gasteiger partial charge in [-0.15, -0.1) is 0 Å². The van der Waals surface area contributed by atoms with E-state index >= 15 is 0 Å². The molecule has 2 heterocycles. The molecule has 0 spiro atoms. The molecule has 0 N–H and O–H groups in total. The molecule has 0 aromatic carbocycles. The average Bonchev–Trinajstić information content (AvgIpc) is 2.13. The second-order valence-corrected chi connectivity index (χ2v) is 5.62. The highest BCUT2D eigenvalue weighted by molar-refractivity contribution is 9.10. The number of aliphatic imine (C=N–C) groups is 1. The fourth-order valence-electron chi connectivity index (χ4n) is 1.05. The minimum atomic E-state index is -3.45. The highest BCUT2D eigenvalue weighted by Crippen LogP contribution is 2.29. The van der Waals surface area contributed by atoms with E-state index in [-0.39, 0.29) is 10.7 Å². The predicted molar refractivity (Wildman–Crippen MR) is 55.0 cm³/mol. The molecule has 2 rings (SSSR count). The molecular weight excluding hydrogens is 270 g/mol. The van der Waals surface area contributed by atoms with Crippen LogP contribution in [-0.4, -0.2) is 31.1 Å². The van der Waals surface area contributed by atoms with Gasteiger partial charge in [-0.25, -0.2) is 18.4 Å². The van der Waals surface area contributed by atoms with Crippen molar-refractivity contribution < 1.29 is 8.42 Å². The Morgan fingerprint density at radius 1 is 1.50 bits per heavy atom. The summed E-state index contributed by atoms with van der Waals surface area (Å²) in [6.07, 6.45) is 2.75. The number of sulfonamides is 1. The van der Waals surface area contributed by atoms with Crippen LogP contribution in [-0.2, 0) is 10.0 Å². The van der Waals surface area contributed by atoms with Gasteiger partial charge in [-0.2, -0.15) is 0 Å². The summed E-state index contributed by atoms with van der Waals surface area (Å²) in [4.78, 5) is 7.92. The molecule has 0 unspecified atom stereocenters. The minimum Gasteiger partial charge on any atom is -0.259 e. The molecule has 5 nitrogen and oxygen atoms in total. The first-order valence-electron chi connectivity index (χ1n) is 3.69. The lowest BCUT2D eigenvalue weighted by Crippen LogP contribution is -2.28. The van der Waals surface area contributed by atoms with Crippen molar-refractivity contribution in [1.29, 1.82) is 0 Å². The fraction of sp³-hybridized carbons (Fsp3) is 0.143. The first-order chi connectivity index (χ1) is 6.51. The number of halogens is 1. The number of pyridine rings is 1. The van der Waals surface area contributed by atoms with Crippen LogP contribution < -0.4 is 0 Å². The maximum absolute atomic E-state index is 11.7. The van der Waals surface area contributed by atoms with E-state index in [4.69, 9.17) is 0 Å². The van der Waals surface area contributed by atoms with Crippen molar-refractivity contribution in [2.75, 3.05) is 7.05 Å². The third kappa shape index (κ3) is 1.32. The van der Waals surface area contributed by atoms with Gasteiger partial charge >= 0.3 is 0 Å². The molecule has 7 heteroatoms. The highest BCUT2D eigenvalue weighted by atomic mass is 79.9. The summed E-state index contributed by atoms with van der Waals surface area (Å²) in [6.45, 7) is 0. The molecule has 0 atom stereocenters. The Morgan fingerprint density at radius 2 is 2.21 bits per heavy atom. The first-order valence-corrected chi connectivity index (χ1v) is 5.93. The Bertz CT molecular complexity index is 512. The molecule has 0 saturated carbocycles. The van der Waals surface area contributed by atoms with Crippen molar-refractivity contribution in [3.63, 3.8) is 0 Å². The summed E-state index contributed by atoms with van der Waals surface area (Å²) in [6, 6.07) is 1.49. The monoisotopic (exact) mass is 275 g/mol. The lowest BCUT2D eigenvalue weighted by molar-refractivity contribution is 0.553. The van der Waals surface area contributed by atoms with E-state index in [9.17, 15) is 8.42 Å². The van der Waals surface area contributed by atoms with Crippen LogP contribution >= 0.6 is 15.9 Å². The molecule has 1 aliphatic heterocycles. The van der Waals surface area contributed by atoms with E-state index in [1.807, 2.05) is 0 Å². The van der Waals surface area contributed by atoms with Crippen molar-refractivity contribution in [1.82, 2.24) is 9.29 Å². The molecule has 0 amide bonds. The molecule has 0 radical (unpaired) electrons. The molecule has 1 aromatic rings. The minimum absolute atomic E-state index is 0.122. The zero-order chi connectivity index (χ0) is 10.3. The number of rotatable bonds is 0. The normalized spacial score (nSPS) is 18.0. The maximum atomic E-state index is 11.7. The first kappa shape index (κ1) is 9.60. The standard InChI is InChI=1S/C7H6BrN3O2S/c1-11-4-10-7-6(14(11,12)13)2-5(8)3-9-7/h2-4H,1H3. The molecule has 0 saturated heterocycles. The summed E-state index contributed by atoms with van der Waals surface area (Å²) < 4.78 is 25.1. The molecule has 1 aromatic heterocycles. The van der Waals surface area contributed by atoms with Crippen molar-refractivity contribution >= 4 is 38.1 Å². The summed E-state index contributed by atoms with van der Waals surface area (Å²) in [5, 5.41) is 0. The van der Waals surface area contributed by atoms with Crippen LogP contribution in [0.5, 0.6) is 0 Å². The second-order valence-electron chi connectivity index (χ2n) is 2.74. The number of hydrogen-bond acceptors (Lipinski definition) is 4. The Labute approximate surface area is 89.7 Å². The number of fused-ring (bicyclic) bond motifs is 1. The zero-order valence-corrected chi connectivity index (χ0v) is 9.58. The van der Waals surface area contributed by atoms with Crippen LogP contribution in [0.4, 0.5) is 5.82 Å². The van der Waals surface area contributed by atoms with E-state index in [0.717, 1.165) is 4.31 Å². The van der Waals surface area contributed by atoms with Gasteiger partial charge in [0.15, 0.2) is 5.82 Å². The topological polar surface area (TPSA) is 62.6 Å². The maximum Gasteiger partial charge on any atom is 0.268 e. The van der Waals surface area contributed by atoms with Crippen LogP contribution in [0.3, 0.4) is 0 Å². The van der Waals surface area contributed by atoms with E-state index in [1.54, 1.807) is 0 Å². The number of hydrogen-bond donors (Lipinski definition) is 0. The second kappa shape index (κ2) is 3.03. The van der Waals surface area contributed by atoms with E-state index in [1.165, 1.54) is 25.6 Å². The summed E-state index contributed by atoms with van der Waals surface area (Å²) in [5.74, 6) is 0.228. The van der Waals surface area contributed by atoms with Gasteiger partial charge in [0.25, 0.3) is 10.0 Å². The van der Waals surface area contributed by atoms with Crippen LogP contribution in [0.1, 0.15) is 0 Å². The van der Waals surface area contributed by atoms with Gasteiger partial charge in [0, 0.05) is 17.7 Å². The Hall–Kier alpha value is -0.950. The van der Waals surface area contributed by atoms with Crippen LogP contribution in [0.2, 0.25) is 0 Å². The quantitative estimate of drug-likeness (QED) is 0.713. The molecule has 0 bridgehead atoms. The van der Waals surface area contributed by atoms with Crippen LogP contribution in [0.15, 0.2) is 26.6 Å². The van der Waals surface area contributed by atoms with Gasteiger partial charge in [-0.1, -0.05) is 0 Å². The lowest BCUT2D eigenvalue weighted by Gasteiger charge is -2.18. The van der Waals surface area contributed by atoms with Gasteiger partial charge in [0.1, 0.15) is 11.2 Å². The predicted octanol–water partition coefficient (Wildman–Crippen LogP) is 1.14. The summed E-state index contributed by atoms with van der Waals surface area (Å²) >= 11 is 3.16. The van der Waals surface area contributed by atoms with Gasteiger partial charge in [0.2, 0.25) is 0 Å². The van der Waals surface area contributed by atoms with Gasteiger partial charge in [-0.05, 0) is 22.0 Å². The average molecular weight is 276 g/mol. The number of nitrogens with zero attached hydrogens (tertiary/aromatic N) is 3. The smallest absolute Gasteiger partial charge is 0.259 e. The fourth-order valence-corrected chi connectivity index (χ4v) is 2.63. The number of aromatic nitrogens is 1. The van der Waals surface area contributed by atoms with Crippen molar-refractivity contribution in [2.45, 2.75) is 4.90 Å². The van der Waals surface area contributed by atoms with Crippen LogP contribution in [0.25, 0.3) is 0 Å². The molecular formula is C7H6BrN3O2S. The Kier molecular flexibility index (Phi) is 2.07. The largest absolute Gasteiger partial charge is 0.268 e. The molecule has 1 aliphatic rings. The molecule has 74 valence electrons. The zero-order valence-electron chi connectivity index (χ0n) is 7.18. The van der Waals surface area contributed by atoms with Gasteiger partial charge in [-0.3, -0.25) is 4.31 Å². The lowest BCUT2D eigenvalue weighted by atomic mass is 10.5. The molecule has 14 heavy (non-hydrogen) atoms. The Balaban J connectivity index is 2.76. The van der Waals surface area contributed by atoms with Crippen molar-refractivity contribution in [2.24, 2.45) is 4.99 Å². The van der Waals surface area contributed by atoms with Gasteiger partial charge in [0.05, 0.1) is 0 Å². The van der Waals surface area contributed by atoms with E-state index in [0.29, 0.717) is 4.47 Å². The third-order valence-electron chi connectivity index (χ3n) is 1.80. The summed E-state index contributed by atoms with van der Waals surface area (Å²) in [5.41, 5.74) is 0. The van der Waals surface area contributed by atoms with E-state index < -0.39 is 10.0 Å². The highest BCUT2D eigenvalue weighted by Gasteiger charge is 2.26. The van der Waals surface area contributed by atoms with E-state index in [2.05, 4.69) is 25.9 Å².